The van der Waals surface area contributed by atoms with Crippen LogP contribution in [0.15, 0.2) is 0 Å². The van der Waals surface area contributed by atoms with Gasteiger partial charge in [0.15, 0.2) is 0 Å². The van der Waals surface area contributed by atoms with Gasteiger partial charge in [-0.05, 0) is 14.1 Å². The van der Waals surface area contributed by atoms with Crippen molar-refractivity contribution in [2.45, 2.75) is 6.18 Å². The van der Waals surface area contributed by atoms with Gasteiger partial charge in [-0.15, -0.1) is 0 Å². The average molecular weight is 298 g/mol. The summed E-state index contributed by atoms with van der Waals surface area (Å²) in [7, 11) is 3.56. The van der Waals surface area contributed by atoms with Crippen LogP contribution in [0.2, 0.25) is 0 Å². The molecule has 0 fully saturated rings. The summed E-state index contributed by atoms with van der Waals surface area (Å²) in [5.74, 6) is -2.38. The topological polar surface area (TPSA) is 69.6 Å². The fourth-order valence-electron chi connectivity index (χ4n) is 1.19. The van der Waals surface area contributed by atoms with E-state index in [2.05, 4.69) is 9.36 Å². The molecule has 0 saturated carbocycles. The van der Waals surface area contributed by atoms with Gasteiger partial charge in [0.2, 0.25) is 11.0 Å². The molecule has 0 aliphatic carbocycles. The van der Waals surface area contributed by atoms with E-state index in [0.29, 0.717) is 18.1 Å². The molecule has 6 nitrogen and oxygen atoms in total. The lowest BCUT2D eigenvalue weighted by atomic mass is 10.5. The zero-order valence-electron chi connectivity index (χ0n) is 10.3. The van der Waals surface area contributed by atoms with Crippen LogP contribution in [0.25, 0.3) is 0 Å². The molecule has 0 bridgehead atoms. The van der Waals surface area contributed by atoms with Crippen LogP contribution < -0.4 is 4.90 Å². The highest BCUT2D eigenvalue weighted by molar-refractivity contribution is 7.09. The van der Waals surface area contributed by atoms with Crippen LogP contribution in [-0.4, -0.2) is 59.1 Å². The maximum Gasteiger partial charge on any atom is 0.452 e. The van der Waals surface area contributed by atoms with Crippen molar-refractivity contribution in [3.05, 3.63) is 5.82 Å². The number of aliphatic carboxylic acids is 1. The van der Waals surface area contributed by atoms with E-state index in [1.807, 2.05) is 0 Å². The van der Waals surface area contributed by atoms with Crippen LogP contribution in [-0.2, 0) is 11.0 Å². The Balaban J connectivity index is 2.84. The number of carboxylic acids is 1. The monoisotopic (exact) mass is 298 g/mol. The largest absolute Gasteiger partial charge is 0.480 e. The van der Waals surface area contributed by atoms with Crippen LogP contribution in [0.1, 0.15) is 5.82 Å². The molecule has 1 N–H and O–H groups in total. The van der Waals surface area contributed by atoms with Crippen molar-refractivity contribution < 1.29 is 23.1 Å². The van der Waals surface area contributed by atoms with E-state index in [0.717, 1.165) is 0 Å². The maximum absolute atomic E-state index is 12.4. The third-order valence-corrected chi connectivity index (χ3v) is 2.86. The molecule has 0 radical (unpaired) electrons. The second kappa shape index (κ2) is 6.15. The van der Waals surface area contributed by atoms with Crippen LogP contribution in [0, 0.1) is 0 Å². The van der Waals surface area contributed by atoms with Gasteiger partial charge >= 0.3 is 12.1 Å². The van der Waals surface area contributed by atoms with Gasteiger partial charge in [-0.25, -0.2) is 0 Å². The predicted octanol–water partition coefficient (Wildman–Crippen LogP) is 1.01. The van der Waals surface area contributed by atoms with Gasteiger partial charge in [-0.3, -0.25) is 4.79 Å². The molecule has 0 amide bonds. The highest BCUT2D eigenvalue weighted by atomic mass is 32.1. The van der Waals surface area contributed by atoms with Crippen molar-refractivity contribution in [2.24, 2.45) is 0 Å². The van der Waals surface area contributed by atoms with Gasteiger partial charge < -0.3 is 14.9 Å². The van der Waals surface area contributed by atoms with Gasteiger partial charge in [-0.2, -0.15) is 22.5 Å². The van der Waals surface area contributed by atoms with Crippen LogP contribution in [0.5, 0.6) is 0 Å². The van der Waals surface area contributed by atoms with E-state index in [-0.39, 0.29) is 11.7 Å². The number of halogens is 3. The molecule has 0 unspecified atom stereocenters. The molecule has 0 aromatic carbocycles. The molecule has 1 aromatic heterocycles. The zero-order valence-corrected chi connectivity index (χ0v) is 11.1. The average Bonchev–Trinajstić information content (AvgIpc) is 2.71. The molecule has 0 spiro atoms. The molecule has 0 atom stereocenters. The molecule has 19 heavy (non-hydrogen) atoms. The fourth-order valence-corrected chi connectivity index (χ4v) is 1.90. The van der Waals surface area contributed by atoms with E-state index < -0.39 is 24.5 Å². The summed E-state index contributed by atoms with van der Waals surface area (Å²) in [6.45, 7) is 0.334. The lowest BCUT2D eigenvalue weighted by Gasteiger charge is -2.21. The number of hydrogen-bond acceptors (Lipinski definition) is 6. The number of carbonyl (C=O) groups is 1. The van der Waals surface area contributed by atoms with E-state index in [9.17, 15) is 18.0 Å². The van der Waals surface area contributed by atoms with Gasteiger partial charge in [0, 0.05) is 24.6 Å². The first-order valence-corrected chi connectivity index (χ1v) is 6.00. The highest BCUT2D eigenvalue weighted by Gasteiger charge is 2.36. The highest BCUT2D eigenvalue weighted by Crippen LogP contribution is 2.30. The minimum absolute atomic E-state index is 0.0448. The molecule has 1 rings (SSSR count). The van der Waals surface area contributed by atoms with E-state index in [4.69, 9.17) is 5.11 Å². The number of carboxylic acid groups (broad SMARTS) is 1. The number of alkyl halides is 3. The summed E-state index contributed by atoms with van der Waals surface area (Å²) in [5, 5.41) is 8.71. The van der Waals surface area contributed by atoms with Crippen molar-refractivity contribution in [1.29, 1.82) is 0 Å². The lowest BCUT2D eigenvalue weighted by molar-refractivity contribution is -0.144. The van der Waals surface area contributed by atoms with Gasteiger partial charge in [-0.1, -0.05) is 0 Å². The SMILES string of the molecule is CN(C)CCN(CC(=O)O)c1nc(C(F)(F)F)ns1. The van der Waals surface area contributed by atoms with Crippen molar-refractivity contribution in [3.63, 3.8) is 0 Å². The maximum atomic E-state index is 12.4. The summed E-state index contributed by atoms with van der Waals surface area (Å²) in [5.41, 5.74) is 0. The second-order valence-electron chi connectivity index (χ2n) is 4.02. The third-order valence-electron chi connectivity index (χ3n) is 2.08. The molecule has 108 valence electrons. The Kier molecular flexibility index (Phi) is 5.06. The molecule has 10 heteroatoms. The van der Waals surface area contributed by atoms with E-state index in [1.165, 1.54) is 4.90 Å². The number of nitrogens with zero attached hydrogens (tertiary/aromatic N) is 4. The van der Waals surface area contributed by atoms with E-state index in [1.54, 1.807) is 19.0 Å². The van der Waals surface area contributed by atoms with Gasteiger partial charge in [0.25, 0.3) is 0 Å². The molecule has 0 aliphatic heterocycles. The first kappa shape index (κ1) is 15.6. The van der Waals surface area contributed by atoms with Crippen LogP contribution in [0.3, 0.4) is 0 Å². The van der Waals surface area contributed by atoms with Crippen molar-refractivity contribution in [1.82, 2.24) is 14.3 Å². The number of aromatic nitrogens is 2. The first-order chi connectivity index (χ1) is 8.70. The molecule has 1 aromatic rings. The lowest BCUT2D eigenvalue weighted by Crippen LogP contribution is -2.35. The second-order valence-corrected chi connectivity index (χ2v) is 4.75. The Bertz CT molecular complexity index is 435. The first-order valence-electron chi connectivity index (χ1n) is 5.22. The fraction of sp³-hybridized carbons (Fsp3) is 0.667. The Hall–Kier alpha value is -1.42. The number of likely N-dealkylation sites (N-methyl/N-ethyl adjacent to an activating group) is 1. The Labute approximate surface area is 111 Å². The summed E-state index contributed by atoms with van der Waals surface area (Å²) in [6, 6.07) is 0. The molecule has 0 aliphatic rings. The number of rotatable bonds is 6. The van der Waals surface area contributed by atoms with Gasteiger partial charge in [0.1, 0.15) is 6.54 Å². The van der Waals surface area contributed by atoms with Crippen molar-refractivity contribution >= 4 is 22.6 Å². The molecular weight excluding hydrogens is 285 g/mol. The van der Waals surface area contributed by atoms with Crippen molar-refractivity contribution in [2.75, 3.05) is 38.6 Å². The standard InChI is InChI=1S/C9H13F3N4O2S/c1-15(2)3-4-16(5-6(17)18)8-13-7(14-19-8)9(10,11)12/h3-5H2,1-2H3,(H,17,18). The molecule has 0 saturated heterocycles. The summed E-state index contributed by atoms with van der Waals surface area (Å²) in [4.78, 5) is 17.1. The summed E-state index contributed by atoms with van der Waals surface area (Å²) >= 11 is 0.541. The predicted molar refractivity (Wildman–Crippen MR) is 63.3 cm³/mol. The number of hydrogen-bond donors (Lipinski definition) is 1. The van der Waals surface area contributed by atoms with Gasteiger partial charge in [0.05, 0.1) is 0 Å². The Morgan fingerprint density at radius 3 is 2.42 bits per heavy atom. The van der Waals surface area contributed by atoms with Crippen molar-refractivity contribution in [3.8, 4) is 0 Å². The Morgan fingerprint density at radius 2 is 2.00 bits per heavy atom. The van der Waals surface area contributed by atoms with E-state index >= 15 is 0 Å². The Morgan fingerprint density at radius 1 is 1.37 bits per heavy atom. The third kappa shape index (κ3) is 4.99. The molecule has 1 heterocycles. The smallest absolute Gasteiger partial charge is 0.452 e. The normalized spacial score (nSPS) is 11.9. The van der Waals surface area contributed by atoms with Crippen LogP contribution >= 0.6 is 11.5 Å². The van der Waals surface area contributed by atoms with Crippen LogP contribution in [0.4, 0.5) is 18.3 Å². The quantitative estimate of drug-likeness (QED) is 0.845. The zero-order chi connectivity index (χ0) is 14.6. The summed E-state index contributed by atoms with van der Waals surface area (Å²) in [6.07, 6.45) is -4.62. The molecular formula is C9H13F3N4O2S. The number of anilines is 1. The minimum Gasteiger partial charge on any atom is -0.480 e. The summed E-state index contributed by atoms with van der Waals surface area (Å²) < 4.78 is 40.3. The minimum atomic E-state index is -4.62.